The fourth-order valence-corrected chi connectivity index (χ4v) is 5.42. The summed E-state index contributed by atoms with van der Waals surface area (Å²) < 4.78 is 32.2. The lowest BCUT2D eigenvalue weighted by Gasteiger charge is -2.20. The van der Waals surface area contributed by atoms with E-state index < -0.39 is 26.8 Å². The normalized spacial score (nSPS) is 18.1. The van der Waals surface area contributed by atoms with Crippen molar-refractivity contribution in [1.29, 1.82) is 0 Å². The van der Waals surface area contributed by atoms with Crippen molar-refractivity contribution < 1.29 is 28.0 Å². The van der Waals surface area contributed by atoms with Crippen molar-refractivity contribution in [1.82, 2.24) is 5.43 Å². The lowest BCUT2D eigenvalue weighted by atomic mass is 10.0. The van der Waals surface area contributed by atoms with Gasteiger partial charge in [0.25, 0.3) is 16.0 Å². The summed E-state index contributed by atoms with van der Waals surface area (Å²) in [5.74, 6) is -1.05. The molecule has 9 nitrogen and oxygen atoms in total. The lowest BCUT2D eigenvalue weighted by Crippen LogP contribution is -2.38. The van der Waals surface area contributed by atoms with Gasteiger partial charge in [0, 0.05) is 11.3 Å². The third kappa shape index (κ3) is 6.25. The van der Waals surface area contributed by atoms with Crippen molar-refractivity contribution in [3.63, 3.8) is 0 Å². The van der Waals surface area contributed by atoms with Crippen molar-refractivity contribution in [2.75, 3.05) is 5.32 Å². The summed E-state index contributed by atoms with van der Waals surface area (Å²) in [5, 5.41) is 29.3. The molecule has 1 amide bonds. The summed E-state index contributed by atoms with van der Waals surface area (Å²) >= 11 is 6.27. The van der Waals surface area contributed by atoms with E-state index in [-0.39, 0.29) is 21.5 Å². The van der Waals surface area contributed by atoms with Crippen molar-refractivity contribution in [2.45, 2.75) is 17.7 Å². The highest BCUT2D eigenvalue weighted by atomic mass is 79.9. The minimum Gasteiger partial charge on any atom is -0.506 e. The van der Waals surface area contributed by atoms with Gasteiger partial charge >= 0.3 is 0 Å². The molecule has 2 unspecified atom stereocenters. The average Bonchev–Trinajstić information content (AvgIpc) is 3.11. The average molecular weight is 677 g/mol. The first-order valence-corrected chi connectivity index (χ1v) is 14.5. The van der Waals surface area contributed by atoms with Gasteiger partial charge in [-0.15, -0.1) is 0 Å². The van der Waals surface area contributed by atoms with Gasteiger partial charge in [-0.1, -0.05) is 60.7 Å². The molecule has 1 aliphatic rings. The van der Waals surface area contributed by atoms with Gasteiger partial charge in [-0.2, -0.15) is 13.5 Å². The number of allylic oxidation sites excluding steroid dienone is 2. The number of rotatable bonds is 7. The Morgan fingerprint density at radius 2 is 1.77 bits per heavy atom. The second kappa shape index (κ2) is 11.3. The molecular formula is C27H23Br2N3O6S. The van der Waals surface area contributed by atoms with E-state index in [1.807, 2.05) is 42.5 Å². The van der Waals surface area contributed by atoms with Gasteiger partial charge in [0.05, 0.1) is 10.7 Å². The summed E-state index contributed by atoms with van der Waals surface area (Å²) in [6.45, 7) is 1.34. The number of hydrogen-bond acceptors (Lipinski definition) is 7. The Morgan fingerprint density at radius 3 is 2.49 bits per heavy atom. The molecule has 0 heterocycles. The van der Waals surface area contributed by atoms with E-state index in [4.69, 9.17) is 0 Å². The Balaban J connectivity index is 1.65. The quantitative estimate of drug-likeness (QED) is 0.128. The predicted octanol–water partition coefficient (Wildman–Crippen LogP) is 5.41. The van der Waals surface area contributed by atoms with E-state index in [9.17, 15) is 28.0 Å². The molecule has 0 saturated carbocycles. The summed E-state index contributed by atoms with van der Waals surface area (Å²) in [6, 6.07) is 13.7. The summed E-state index contributed by atoms with van der Waals surface area (Å²) in [6.07, 6.45) is 8.30. The number of phenols is 2. The third-order valence-corrected chi connectivity index (χ3v) is 8.85. The number of nitrogens with one attached hydrogen (secondary N) is 2. The van der Waals surface area contributed by atoms with Crippen LogP contribution in [0.25, 0.3) is 10.8 Å². The monoisotopic (exact) mass is 675 g/mol. The van der Waals surface area contributed by atoms with Crippen molar-refractivity contribution in [3.05, 3.63) is 99.0 Å². The highest BCUT2D eigenvalue weighted by Crippen LogP contribution is 2.40. The molecule has 0 saturated heterocycles. The van der Waals surface area contributed by atoms with Crippen LogP contribution < -0.4 is 10.7 Å². The van der Waals surface area contributed by atoms with Crippen LogP contribution in [0.15, 0.2) is 98.5 Å². The molecule has 1 aliphatic carbocycles. The Morgan fingerprint density at radius 1 is 1.05 bits per heavy atom. The number of carbonyl (C=O) groups is 1. The van der Waals surface area contributed by atoms with Crippen LogP contribution in [-0.2, 0) is 14.9 Å². The molecule has 39 heavy (non-hydrogen) atoms. The standard InChI is InChI=1S/C27H23Br2N3O6S/c1-27(39(36,37)38)11-4-7-17(10-12-27)23(31-20-9-8-16-5-2-3-6-18(16)13-20)26(35)32-30-15-19-14-21(28)25(34)22(29)24(19)33/h2-15,23,31,33-34H,1H3,(H,32,35)(H,36,37,38)/b30-15+. The van der Waals surface area contributed by atoms with Gasteiger partial charge in [-0.25, -0.2) is 5.43 Å². The number of carbonyl (C=O) groups excluding carboxylic acids is 1. The van der Waals surface area contributed by atoms with Gasteiger partial charge in [0.15, 0.2) is 0 Å². The zero-order valence-electron chi connectivity index (χ0n) is 20.3. The summed E-state index contributed by atoms with van der Waals surface area (Å²) in [5.41, 5.74) is 3.68. The fraction of sp³-hybridized carbons (Fsp3) is 0.111. The van der Waals surface area contributed by atoms with Crippen LogP contribution in [0.2, 0.25) is 0 Å². The van der Waals surface area contributed by atoms with E-state index in [1.165, 1.54) is 43.5 Å². The molecular weight excluding hydrogens is 654 g/mol. The largest absolute Gasteiger partial charge is 0.506 e. The van der Waals surface area contributed by atoms with E-state index >= 15 is 0 Å². The molecule has 4 rings (SSSR count). The molecule has 0 bridgehead atoms. The van der Waals surface area contributed by atoms with Crippen LogP contribution in [-0.4, -0.2) is 46.1 Å². The Labute approximate surface area is 241 Å². The second-order valence-corrected chi connectivity index (χ2v) is 12.3. The summed E-state index contributed by atoms with van der Waals surface area (Å²) in [7, 11) is -4.46. The van der Waals surface area contributed by atoms with E-state index in [0.29, 0.717) is 15.7 Å². The maximum atomic E-state index is 13.4. The maximum absolute atomic E-state index is 13.4. The van der Waals surface area contributed by atoms with Gasteiger partial charge in [-0.05, 0) is 73.3 Å². The van der Waals surface area contributed by atoms with Crippen LogP contribution in [0, 0.1) is 0 Å². The molecule has 0 spiro atoms. The topological polar surface area (TPSA) is 148 Å². The number of phenolic OH excluding ortho intramolecular Hbond substituents is 2. The molecule has 0 aromatic heterocycles. The van der Waals surface area contributed by atoms with E-state index in [0.717, 1.165) is 10.8 Å². The number of fused-ring (bicyclic) bond motifs is 1. The molecule has 0 radical (unpaired) electrons. The van der Waals surface area contributed by atoms with Crippen LogP contribution in [0.4, 0.5) is 5.69 Å². The minimum atomic E-state index is -4.46. The molecule has 5 N–H and O–H groups in total. The van der Waals surface area contributed by atoms with Crippen molar-refractivity contribution >= 4 is 70.6 Å². The van der Waals surface area contributed by atoms with Crippen molar-refractivity contribution in [3.8, 4) is 11.5 Å². The first-order valence-electron chi connectivity index (χ1n) is 11.4. The smallest absolute Gasteiger partial charge is 0.277 e. The third-order valence-electron chi connectivity index (χ3n) is 6.11. The van der Waals surface area contributed by atoms with Gasteiger partial charge in [0.2, 0.25) is 0 Å². The van der Waals surface area contributed by atoms with E-state index in [1.54, 1.807) is 6.08 Å². The Bertz CT molecular complexity index is 1680. The number of hydrogen-bond donors (Lipinski definition) is 5. The first kappa shape index (κ1) is 28.6. The zero-order chi connectivity index (χ0) is 28.4. The maximum Gasteiger partial charge on any atom is 0.277 e. The fourth-order valence-electron chi connectivity index (χ4n) is 3.78. The lowest BCUT2D eigenvalue weighted by molar-refractivity contribution is -0.121. The second-order valence-electron chi connectivity index (χ2n) is 8.85. The van der Waals surface area contributed by atoms with Gasteiger partial charge in [-0.3, -0.25) is 9.35 Å². The molecule has 3 aromatic carbocycles. The molecule has 2 atom stereocenters. The highest BCUT2D eigenvalue weighted by Gasteiger charge is 2.34. The number of amides is 1. The van der Waals surface area contributed by atoms with Crippen LogP contribution in [0.3, 0.4) is 0 Å². The number of anilines is 1. The first-order chi connectivity index (χ1) is 18.4. The Kier molecular flexibility index (Phi) is 8.31. The number of hydrazone groups is 1. The van der Waals surface area contributed by atoms with Gasteiger partial charge in [0.1, 0.15) is 26.8 Å². The Hall–Kier alpha value is -3.45. The number of halogens is 2. The van der Waals surface area contributed by atoms with Crippen LogP contribution in [0.5, 0.6) is 11.5 Å². The SMILES string of the molecule is CC1(S(=O)(=O)O)C=CC=C(C(Nc2ccc3ccccc3c2)C(=O)N/N=C/c2cc(Br)c(O)c(Br)c2O)C=C1. The minimum absolute atomic E-state index is 0.0583. The number of benzene rings is 3. The van der Waals surface area contributed by atoms with E-state index in [2.05, 4.69) is 47.7 Å². The van der Waals surface area contributed by atoms with Gasteiger partial charge < -0.3 is 15.5 Å². The molecule has 3 aromatic rings. The molecule has 0 aliphatic heterocycles. The number of nitrogens with zero attached hydrogens (tertiary/aromatic N) is 1. The number of aromatic hydroxyl groups is 2. The molecule has 202 valence electrons. The van der Waals surface area contributed by atoms with Crippen molar-refractivity contribution in [2.24, 2.45) is 5.10 Å². The molecule has 0 fully saturated rings. The van der Waals surface area contributed by atoms with Crippen LogP contribution >= 0.6 is 31.9 Å². The zero-order valence-corrected chi connectivity index (χ0v) is 24.3. The van der Waals surface area contributed by atoms with Crippen LogP contribution in [0.1, 0.15) is 12.5 Å². The predicted molar refractivity (Wildman–Crippen MR) is 159 cm³/mol. The summed E-state index contributed by atoms with van der Waals surface area (Å²) in [4.78, 5) is 13.4. The molecule has 12 heteroatoms. The highest BCUT2D eigenvalue weighted by molar-refractivity contribution is 9.11.